The smallest absolute Gasteiger partial charge is 0.159 e. The van der Waals surface area contributed by atoms with E-state index in [0.717, 1.165) is 40.9 Å². The molecule has 128 valence electrons. The van der Waals surface area contributed by atoms with E-state index in [4.69, 9.17) is 0 Å². The Morgan fingerprint density at radius 1 is 0.920 bits per heavy atom. The summed E-state index contributed by atoms with van der Waals surface area (Å²) in [5.74, 6) is 0.670. The number of rotatable bonds is 2. The predicted molar refractivity (Wildman–Crippen MR) is 99.2 cm³/mol. The first kappa shape index (κ1) is 16.0. The minimum atomic E-state index is -0.249. The van der Waals surface area contributed by atoms with Gasteiger partial charge >= 0.3 is 0 Å². The van der Waals surface area contributed by atoms with Crippen molar-refractivity contribution in [1.29, 1.82) is 0 Å². The number of aromatic nitrogens is 2. The molecule has 0 radical (unpaired) electrons. The second kappa shape index (κ2) is 6.41. The van der Waals surface area contributed by atoms with Gasteiger partial charge in [-0.05, 0) is 38.1 Å². The third-order valence-electron chi connectivity index (χ3n) is 4.64. The molecule has 0 bridgehead atoms. The summed E-state index contributed by atoms with van der Waals surface area (Å²) in [5, 5.41) is 14.7. The summed E-state index contributed by atoms with van der Waals surface area (Å²) in [4.78, 5) is 2.30. The Hall–Kier alpha value is -2.53. The number of nitrogens with zero attached hydrogens (tertiary/aromatic N) is 3. The first-order valence-electron chi connectivity index (χ1n) is 8.64. The number of hydrogen-bond acceptors (Lipinski definition) is 4. The molecule has 1 aromatic heterocycles. The minimum absolute atomic E-state index is 0.249. The van der Waals surface area contributed by atoms with E-state index in [1.165, 1.54) is 12.1 Å². The van der Waals surface area contributed by atoms with Gasteiger partial charge in [-0.15, -0.1) is 10.2 Å². The predicted octanol–water partition coefficient (Wildman–Crippen LogP) is 3.62. The average molecular weight is 336 g/mol. The van der Waals surface area contributed by atoms with Crippen LogP contribution in [-0.4, -0.2) is 35.4 Å². The summed E-state index contributed by atoms with van der Waals surface area (Å²) in [6.07, 6.45) is 0. The van der Waals surface area contributed by atoms with Crippen LogP contribution in [0.15, 0.2) is 48.5 Å². The summed E-state index contributed by atoms with van der Waals surface area (Å²) in [7, 11) is 0. The zero-order valence-corrected chi connectivity index (χ0v) is 14.4. The Kier molecular flexibility index (Phi) is 4.09. The maximum absolute atomic E-state index is 13.2. The van der Waals surface area contributed by atoms with Gasteiger partial charge in [0.05, 0.1) is 0 Å². The van der Waals surface area contributed by atoms with Crippen LogP contribution in [0.1, 0.15) is 13.8 Å². The number of fused-ring (bicyclic) bond motifs is 1. The molecular formula is C20H21FN4. The zero-order chi connectivity index (χ0) is 17.4. The van der Waals surface area contributed by atoms with Gasteiger partial charge in [0.15, 0.2) is 5.82 Å². The van der Waals surface area contributed by atoms with Crippen molar-refractivity contribution in [3.8, 4) is 11.3 Å². The van der Waals surface area contributed by atoms with Gasteiger partial charge in [0.2, 0.25) is 0 Å². The first-order valence-corrected chi connectivity index (χ1v) is 8.64. The molecule has 1 aliphatic heterocycles. The van der Waals surface area contributed by atoms with Crippen LogP contribution in [0.5, 0.6) is 0 Å². The van der Waals surface area contributed by atoms with Crippen LogP contribution in [0.4, 0.5) is 10.2 Å². The Labute approximate surface area is 146 Å². The van der Waals surface area contributed by atoms with Gasteiger partial charge < -0.3 is 10.2 Å². The normalized spacial score (nSPS) is 20.8. The summed E-state index contributed by atoms with van der Waals surface area (Å²) in [6.45, 7) is 6.17. The quantitative estimate of drug-likeness (QED) is 0.776. The summed E-state index contributed by atoms with van der Waals surface area (Å²) >= 11 is 0. The molecule has 4 rings (SSSR count). The fourth-order valence-electron chi connectivity index (χ4n) is 3.64. The van der Waals surface area contributed by atoms with E-state index in [9.17, 15) is 4.39 Å². The SMILES string of the molecule is CC1CN(c2nnc(-c3ccc(F)cc3)c3ccccc23)CC(C)N1. The molecule has 2 atom stereocenters. The third kappa shape index (κ3) is 3.07. The molecule has 2 heterocycles. The van der Waals surface area contributed by atoms with Crippen molar-refractivity contribution < 1.29 is 4.39 Å². The minimum Gasteiger partial charge on any atom is -0.352 e. The van der Waals surface area contributed by atoms with E-state index < -0.39 is 0 Å². The summed E-state index contributed by atoms with van der Waals surface area (Å²) < 4.78 is 13.2. The van der Waals surface area contributed by atoms with E-state index in [1.807, 2.05) is 12.1 Å². The van der Waals surface area contributed by atoms with Crippen LogP contribution in [0.3, 0.4) is 0 Å². The lowest BCUT2D eigenvalue weighted by molar-refractivity contribution is 0.405. The Morgan fingerprint density at radius 3 is 2.24 bits per heavy atom. The van der Waals surface area contributed by atoms with E-state index in [-0.39, 0.29) is 5.82 Å². The topological polar surface area (TPSA) is 41.1 Å². The molecular weight excluding hydrogens is 315 g/mol. The van der Waals surface area contributed by atoms with Gasteiger partial charge in [0, 0.05) is 41.5 Å². The maximum atomic E-state index is 13.2. The van der Waals surface area contributed by atoms with Gasteiger partial charge in [0.25, 0.3) is 0 Å². The monoisotopic (exact) mass is 336 g/mol. The van der Waals surface area contributed by atoms with E-state index in [1.54, 1.807) is 12.1 Å². The fraction of sp³-hybridized carbons (Fsp3) is 0.300. The third-order valence-corrected chi connectivity index (χ3v) is 4.64. The molecule has 25 heavy (non-hydrogen) atoms. The van der Waals surface area contributed by atoms with Crippen LogP contribution in [0.2, 0.25) is 0 Å². The van der Waals surface area contributed by atoms with Crippen molar-refractivity contribution in [3.63, 3.8) is 0 Å². The molecule has 0 spiro atoms. The van der Waals surface area contributed by atoms with E-state index in [0.29, 0.717) is 12.1 Å². The number of piperazine rings is 1. The van der Waals surface area contributed by atoms with E-state index >= 15 is 0 Å². The van der Waals surface area contributed by atoms with Gasteiger partial charge in [-0.2, -0.15) is 0 Å². The molecule has 0 amide bonds. The molecule has 4 nitrogen and oxygen atoms in total. The van der Waals surface area contributed by atoms with Gasteiger partial charge in [-0.3, -0.25) is 0 Å². The number of anilines is 1. The van der Waals surface area contributed by atoms with Crippen LogP contribution in [0.25, 0.3) is 22.0 Å². The summed E-state index contributed by atoms with van der Waals surface area (Å²) in [6, 6.07) is 15.4. The van der Waals surface area contributed by atoms with Crippen molar-refractivity contribution in [3.05, 3.63) is 54.3 Å². The van der Waals surface area contributed by atoms with Gasteiger partial charge in [-0.1, -0.05) is 24.3 Å². The lowest BCUT2D eigenvalue weighted by atomic mass is 10.0. The van der Waals surface area contributed by atoms with Crippen LogP contribution in [0, 0.1) is 5.82 Å². The van der Waals surface area contributed by atoms with Crippen LogP contribution >= 0.6 is 0 Å². The van der Waals surface area contributed by atoms with Gasteiger partial charge in [0.1, 0.15) is 11.5 Å². The van der Waals surface area contributed by atoms with Crippen molar-refractivity contribution in [1.82, 2.24) is 15.5 Å². The molecule has 0 saturated carbocycles. The van der Waals surface area contributed by atoms with Gasteiger partial charge in [-0.25, -0.2) is 4.39 Å². The first-order chi connectivity index (χ1) is 12.1. The van der Waals surface area contributed by atoms with Crippen molar-refractivity contribution in [2.75, 3.05) is 18.0 Å². The molecule has 1 saturated heterocycles. The second-order valence-corrected chi connectivity index (χ2v) is 6.80. The lowest BCUT2D eigenvalue weighted by Gasteiger charge is -2.37. The summed E-state index contributed by atoms with van der Waals surface area (Å²) in [5.41, 5.74) is 1.66. The number of nitrogens with one attached hydrogen (secondary N) is 1. The Balaban J connectivity index is 1.83. The van der Waals surface area contributed by atoms with Crippen molar-refractivity contribution >= 4 is 16.6 Å². The molecule has 1 N–H and O–H groups in total. The molecule has 1 fully saturated rings. The zero-order valence-electron chi connectivity index (χ0n) is 14.4. The second-order valence-electron chi connectivity index (χ2n) is 6.80. The maximum Gasteiger partial charge on any atom is 0.159 e. The highest BCUT2D eigenvalue weighted by molar-refractivity contribution is 6.00. The number of hydrogen-bond donors (Lipinski definition) is 1. The molecule has 5 heteroatoms. The Bertz CT molecular complexity index is 884. The highest BCUT2D eigenvalue weighted by Crippen LogP contribution is 2.32. The number of benzene rings is 2. The standard InChI is InChI=1S/C20H21FN4/c1-13-11-25(12-14(2)22-13)20-18-6-4-3-5-17(18)19(23-24-20)15-7-9-16(21)10-8-15/h3-10,13-14,22H,11-12H2,1-2H3. The molecule has 3 aromatic rings. The lowest BCUT2D eigenvalue weighted by Crippen LogP contribution is -2.54. The molecule has 2 aromatic carbocycles. The number of halogens is 1. The fourth-order valence-corrected chi connectivity index (χ4v) is 3.64. The van der Waals surface area contributed by atoms with E-state index in [2.05, 4.69) is 46.4 Å². The molecule has 2 unspecified atom stereocenters. The van der Waals surface area contributed by atoms with Crippen LogP contribution in [-0.2, 0) is 0 Å². The highest BCUT2D eigenvalue weighted by Gasteiger charge is 2.24. The highest BCUT2D eigenvalue weighted by atomic mass is 19.1. The molecule has 0 aliphatic carbocycles. The van der Waals surface area contributed by atoms with Crippen molar-refractivity contribution in [2.45, 2.75) is 25.9 Å². The van der Waals surface area contributed by atoms with Crippen LogP contribution < -0.4 is 10.2 Å². The average Bonchev–Trinajstić information content (AvgIpc) is 2.61. The largest absolute Gasteiger partial charge is 0.352 e. The molecule has 1 aliphatic rings. The Morgan fingerprint density at radius 2 is 1.56 bits per heavy atom. The van der Waals surface area contributed by atoms with Crippen molar-refractivity contribution in [2.24, 2.45) is 0 Å².